The summed E-state index contributed by atoms with van der Waals surface area (Å²) in [5.41, 5.74) is -3.32. The molecule has 8 heteroatoms. The van der Waals surface area contributed by atoms with Gasteiger partial charge in [-0.2, -0.15) is 13.2 Å². The Morgan fingerprint density at radius 2 is 1.82 bits per heavy atom. The van der Waals surface area contributed by atoms with Gasteiger partial charge in [0.05, 0.1) is 6.10 Å². The van der Waals surface area contributed by atoms with Crippen LogP contribution in [0.2, 0.25) is 0 Å². The average molecular weight is 257 g/mol. The molecule has 100 valence electrons. The smallest absolute Gasteiger partial charge is 0.422 e. The topological polar surface area (TPSA) is 75.6 Å². The van der Waals surface area contributed by atoms with Gasteiger partial charge in [-0.25, -0.2) is 4.79 Å². The number of hydrogen-bond donors (Lipinski definition) is 2. The lowest BCUT2D eigenvalue weighted by molar-refractivity contribution is -0.207. The number of carboxylic acids is 1. The van der Waals surface area contributed by atoms with E-state index in [-0.39, 0.29) is 6.10 Å². The van der Waals surface area contributed by atoms with Crippen LogP contribution in [0.1, 0.15) is 20.8 Å². The van der Waals surface area contributed by atoms with Gasteiger partial charge in [-0.1, -0.05) is 0 Å². The van der Waals surface area contributed by atoms with Crippen LogP contribution in [0.5, 0.6) is 0 Å². The van der Waals surface area contributed by atoms with E-state index in [9.17, 15) is 22.8 Å². The highest BCUT2D eigenvalue weighted by molar-refractivity contribution is 5.88. The number of hydrogen-bond acceptors (Lipinski definition) is 3. The summed E-state index contributed by atoms with van der Waals surface area (Å²) in [5, 5.41) is 9.92. The maximum Gasteiger partial charge on any atom is 0.422 e. The zero-order valence-corrected chi connectivity index (χ0v) is 9.59. The van der Waals surface area contributed by atoms with E-state index in [0.29, 0.717) is 6.92 Å². The highest BCUT2D eigenvalue weighted by Crippen LogP contribution is 2.30. The standard InChI is InChI=1S/C9H14F3NO4/c1-5(2)17-4-6(14)13-8(3,7(15)16)9(10,11)12/h5H,4H2,1-3H3,(H,13,14)(H,15,16). The predicted octanol–water partition coefficient (Wildman–Crippen LogP) is 0.933. The molecule has 1 unspecified atom stereocenters. The van der Waals surface area contributed by atoms with Gasteiger partial charge >= 0.3 is 12.1 Å². The molecule has 0 heterocycles. The number of ether oxygens (including phenoxy) is 1. The first kappa shape index (κ1) is 15.7. The van der Waals surface area contributed by atoms with Crippen molar-refractivity contribution in [2.75, 3.05) is 6.61 Å². The lowest BCUT2D eigenvalue weighted by Crippen LogP contribution is -2.62. The summed E-state index contributed by atoms with van der Waals surface area (Å²) in [4.78, 5) is 21.7. The monoisotopic (exact) mass is 257 g/mol. The number of amides is 1. The highest BCUT2D eigenvalue weighted by Gasteiger charge is 2.58. The van der Waals surface area contributed by atoms with Gasteiger partial charge in [0.15, 0.2) is 0 Å². The van der Waals surface area contributed by atoms with Crippen LogP contribution in [0.3, 0.4) is 0 Å². The predicted molar refractivity (Wildman–Crippen MR) is 51.3 cm³/mol. The van der Waals surface area contributed by atoms with E-state index in [1.165, 1.54) is 5.32 Å². The van der Waals surface area contributed by atoms with E-state index in [2.05, 4.69) is 0 Å². The molecule has 0 bridgehead atoms. The Morgan fingerprint density at radius 3 is 2.12 bits per heavy atom. The minimum absolute atomic E-state index is 0.345. The van der Waals surface area contributed by atoms with Crippen LogP contribution in [-0.2, 0) is 14.3 Å². The number of carboxylic acid groups (broad SMARTS) is 1. The first-order chi connectivity index (χ1) is 7.50. The van der Waals surface area contributed by atoms with Crippen molar-refractivity contribution in [2.24, 2.45) is 0 Å². The number of alkyl halides is 3. The fraction of sp³-hybridized carbons (Fsp3) is 0.778. The van der Waals surface area contributed by atoms with Crippen molar-refractivity contribution in [3.63, 3.8) is 0 Å². The Hall–Kier alpha value is -1.31. The van der Waals surface area contributed by atoms with Crippen molar-refractivity contribution >= 4 is 11.9 Å². The van der Waals surface area contributed by atoms with Gasteiger partial charge in [0.2, 0.25) is 11.4 Å². The number of rotatable bonds is 5. The molecule has 0 radical (unpaired) electrons. The molecule has 0 spiro atoms. The molecule has 0 aliphatic rings. The third-order valence-electron chi connectivity index (χ3n) is 1.93. The Balaban J connectivity index is 4.69. The largest absolute Gasteiger partial charge is 0.479 e. The van der Waals surface area contributed by atoms with Gasteiger partial charge in [0, 0.05) is 0 Å². The molecule has 0 aromatic heterocycles. The van der Waals surface area contributed by atoms with Gasteiger partial charge in [-0.3, -0.25) is 4.79 Å². The Bertz CT molecular complexity index is 303. The Kier molecular flexibility index (Phi) is 4.94. The summed E-state index contributed by atoms with van der Waals surface area (Å²) in [6, 6.07) is 0. The average Bonchev–Trinajstić information content (AvgIpc) is 2.12. The van der Waals surface area contributed by atoms with Crippen LogP contribution in [0.15, 0.2) is 0 Å². The molecule has 0 saturated heterocycles. The molecule has 2 N–H and O–H groups in total. The first-order valence-electron chi connectivity index (χ1n) is 4.73. The third-order valence-corrected chi connectivity index (χ3v) is 1.93. The maximum absolute atomic E-state index is 12.5. The first-order valence-corrected chi connectivity index (χ1v) is 4.73. The van der Waals surface area contributed by atoms with Crippen LogP contribution in [0, 0.1) is 0 Å². The molecule has 1 atom stereocenters. The minimum atomic E-state index is -5.09. The summed E-state index contributed by atoms with van der Waals surface area (Å²) in [6.45, 7) is 2.93. The van der Waals surface area contributed by atoms with Crippen LogP contribution in [0.4, 0.5) is 13.2 Å². The van der Waals surface area contributed by atoms with Crippen LogP contribution < -0.4 is 5.32 Å². The maximum atomic E-state index is 12.5. The number of aliphatic carboxylic acids is 1. The molecular formula is C9H14F3NO4. The van der Waals surface area contributed by atoms with Crippen molar-refractivity contribution in [1.29, 1.82) is 0 Å². The van der Waals surface area contributed by atoms with E-state index < -0.39 is 30.2 Å². The Morgan fingerprint density at radius 1 is 1.35 bits per heavy atom. The fourth-order valence-corrected chi connectivity index (χ4v) is 0.803. The van der Waals surface area contributed by atoms with Gasteiger partial charge in [0.25, 0.3) is 0 Å². The molecule has 0 aromatic rings. The molecule has 0 saturated carbocycles. The second-order valence-corrected chi connectivity index (χ2v) is 3.84. The zero-order valence-electron chi connectivity index (χ0n) is 9.59. The van der Waals surface area contributed by atoms with Crippen molar-refractivity contribution in [2.45, 2.75) is 38.6 Å². The molecule has 0 rings (SSSR count). The SMILES string of the molecule is CC(C)OCC(=O)NC(C)(C(=O)O)C(F)(F)F. The second kappa shape index (κ2) is 5.35. The van der Waals surface area contributed by atoms with Crippen molar-refractivity contribution in [3.8, 4) is 0 Å². The number of halogens is 3. The Labute approximate surface area is 95.9 Å². The molecule has 0 fully saturated rings. The van der Waals surface area contributed by atoms with Gasteiger partial charge < -0.3 is 15.2 Å². The molecule has 17 heavy (non-hydrogen) atoms. The quantitative estimate of drug-likeness (QED) is 0.768. The summed E-state index contributed by atoms with van der Waals surface area (Å²) >= 11 is 0. The molecule has 0 aliphatic carbocycles. The van der Waals surface area contributed by atoms with E-state index in [4.69, 9.17) is 9.84 Å². The summed E-state index contributed by atoms with van der Waals surface area (Å²) in [7, 11) is 0. The number of carbonyl (C=O) groups is 2. The second-order valence-electron chi connectivity index (χ2n) is 3.84. The van der Waals surface area contributed by atoms with Gasteiger partial charge in [0.1, 0.15) is 6.61 Å². The van der Waals surface area contributed by atoms with E-state index in [0.717, 1.165) is 0 Å². The fourth-order valence-electron chi connectivity index (χ4n) is 0.803. The van der Waals surface area contributed by atoms with E-state index in [1.807, 2.05) is 0 Å². The van der Waals surface area contributed by atoms with Crippen molar-refractivity contribution < 1.29 is 32.6 Å². The number of carbonyl (C=O) groups excluding carboxylic acids is 1. The van der Waals surface area contributed by atoms with Crippen molar-refractivity contribution in [1.82, 2.24) is 5.32 Å². The highest BCUT2D eigenvalue weighted by atomic mass is 19.4. The van der Waals surface area contributed by atoms with Gasteiger partial charge in [-0.15, -0.1) is 0 Å². The summed E-state index contributed by atoms with van der Waals surface area (Å²) in [6.07, 6.45) is -5.44. The van der Waals surface area contributed by atoms with Crippen LogP contribution in [-0.4, -0.2) is 41.4 Å². The van der Waals surface area contributed by atoms with E-state index in [1.54, 1.807) is 13.8 Å². The molecule has 1 amide bonds. The van der Waals surface area contributed by atoms with Crippen LogP contribution in [0.25, 0.3) is 0 Å². The number of nitrogens with one attached hydrogen (secondary N) is 1. The summed E-state index contributed by atoms with van der Waals surface area (Å²) in [5.74, 6) is -3.32. The normalized spacial score (nSPS) is 15.5. The minimum Gasteiger partial charge on any atom is -0.479 e. The molecule has 0 aliphatic heterocycles. The van der Waals surface area contributed by atoms with Crippen molar-refractivity contribution in [3.05, 3.63) is 0 Å². The van der Waals surface area contributed by atoms with E-state index >= 15 is 0 Å². The lowest BCUT2D eigenvalue weighted by Gasteiger charge is -2.28. The molecule has 5 nitrogen and oxygen atoms in total. The lowest BCUT2D eigenvalue weighted by atomic mass is 10.0. The molecule has 0 aromatic carbocycles. The van der Waals surface area contributed by atoms with Gasteiger partial charge in [-0.05, 0) is 20.8 Å². The van der Waals surface area contributed by atoms with Crippen LogP contribution >= 0.6 is 0 Å². The zero-order chi connectivity index (χ0) is 13.9. The summed E-state index contributed by atoms with van der Waals surface area (Å²) < 4.78 is 42.2. The molecular weight excluding hydrogens is 243 g/mol. The third kappa shape index (κ3) is 4.22.